The first-order valence-corrected chi connectivity index (χ1v) is 11.4. The van der Waals surface area contributed by atoms with Crippen LogP contribution in [-0.2, 0) is 12.3 Å². The number of aromatic nitrogens is 1. The molecular formula is C25H24N2O2S. The van der Waals surface area contributed by atoms with Crippen molar-refractivity contribution in [1.82, 2.24) is 9.47 Å². The maximum absolute atomic E-state index is 13.2. The van der Waals surface area contributed by atoms with Crippen molar-refractivity contribution < 1.29 is 4.79 Å². The molecule has 1 amide bonds. The fraction of sp³-hybridized carbons (Fsp3) is 0.280. The summed E-state index contributed by atoms with van der Waals surface area (Å²) in [6, 6.07) is 23.9. The zero-order valence-corrected chi connectivity index (χ0v) is 17.6. The van der Waals surface area contributed by atoms with Crippen LogP contribution in [0.2, 0.25) is 0 Å². The van der Waals surface area contributed by atoms with E-state index in [0.717, 1.165) is 30.0 Å². The highest BCUT2D eigenvalue weighted by Crippen LogP contribution is 2.35. The van der Waals surface area contributed by atoms with Gasteiger partial charge in [-0.3, -0.25) is 9.59 Å². The SMILES string of the molecule is O=C(c1ccc(CSc2ccccc2)cc1)N1CC2CC(C1)c1cccc(=O)n1C2. The number of carbonyl (C=O) groups is 1. The monoisotopic (exact) mass is 416 g/mol. The van der Waals surface area contributed by atoms with Gasteiger partial charge in [0.05, 0.1) is 0 Å². The van der Waals surface area contributed by atoms with Gasteiger partial charge in [-0.05, 0) is 48.2 Å². The van der Waals surface area contributed by atoms with Crippen LogP contribution in [-0.4, -0.2) is 28.5 Å². The smallest absolute Gasteiger partial charge is 0.253 e. The molecule has 2 aromatic carbocycles. The summed E-state index contributed by atoms with van der Waals surface area (Å²) >= 11 is 1.80. The van der Waals surface area contributed by atoms with Gasteiger partial charge in [0.15, 0.2) is 0 Å². The highest BCUT2D eigenvalue weighted by Gasteiger charge is 2.36. The zero-order chi connectivity index (χ0) is 20.5. The van der Waals surface area contributed by atoms with Crippen LogP contribution in [0.5, 0.6) is 0 Å². The van der Waals surface area contributed by atoms with E-state index in [1.807, 2.05) is 51.9 Å². The van der Waals surface area contributed by atoms with Gasteiger partial charge in [0, 0.05) is 53.5 Å². The number of hydrogen-bond donors (Lipinski definition) is 0. The van der Waals surface area contributed by atoms with Crippen molar-refractivity contribution in [2.75, 3.05) is 13.1 Å². The molecule has 3 heterocycles. The predicted molar refractivity (Wildman–Crippen MR) is 120 cm³/mol. The second kappa shape index (κ2) is 8.15. The maximum atomic E-state index is 13.2. The number of carbonyl (C=O) groups excluding carboxylic acids is 1. The number of thioether (sulfide) groups is 1. The van der Waals surface area contributed by atoms with Gasteiger partial charge in [-0.1, -0.05) is 36.4 Å². The van der Waals surface area contributed by atoms with Gasteiger partial charge in [-0.25, -0.2) is 0 Å². The van der Waals surface area contributed by atoms with Crippen LogP contribution < -0.4 is 5.56 Å². The summed E-state index contributed by atoms with van der Waals surface area (Å²) in [5, 5.41) is 0. The number of piperidine rings is 1. The molecule has 1 saturated heterocycles. The van der Waals surface area contributed by atoms with Gasteiger partial charge in [-0.15, -0.1) is 11.8 Å². The van der Waals surface area contributed by atoms with Crippen LogP contribution in [0, 0.1) is 5.92 Å². The fourth-order valence-corrected chi connectivity index (χ4v) is 5.55. The molecule has 2 aliphatic rings. The number of rotatable bonds is 4. The predicted octanol–water partition coefficient (Wildman–Crippen LogP) is 4.40. The zero-order valence-electron chi connectivity index (χ0n) is 16.7. The van der Waals surface area contributed by atoms with E-state index in [-0.39, 0.29) is 17.4 Å². The third kappa shape index (κ3) is 3.82. The third-order valence-electron chi connectivity index (χ3n) is 6.12. The van der Waals surface area contributed by atoms with E-state index in [2.05, 4.69) is 24.3 Å². The van der Waals surface area contributed by atoms with Crippen molar-refractivity contribution in [3.63, 3.8) is 0 Å². The summed E-state index contributed by atoms with van der Waals surface area (Å²) in [6.45, 7) is 2.12. The normalized spacial score (nSPS) is 19.9. The molecule has 4 nitrogen and oxygen atoms in total. The minimum Gasteiger partial charge on any atom is -0.338 e. The van der Waals surface area contributed by atoms with Gasteiger partial charge in [0.1, 0.15) is 0 Å². The largest absolute Gasteiger partial charge is 0.338 e. The lowest BCUT2D eigenvalue weighted by molar-refractivity contribution is 0.0594. The molecule has 2 bridgehead atoms. The number of amides is 1. The number of pyridine rings is 1. The van der Waals surface area contributed by atoms with Crippen LogP contribution >= 0.6 is 11.8 Å². The molecule has 1 fully saturated rings. The van der Waals surface area contributed by atoms with E-state index < -0.39 is 0 Å². The Labute approximate surface area is 180 Å². The van der Waals surface area contributed by atoms with Crippen molar-refractivity contribution in [3.05, 3.63) is 100.0 Å². The van der Waals surface area contributed by atoms with Crippen molar-refractivity contribution in [2.45, 2.75) is 29.5 Å². The summed E-state index contributed by atoms with van der Waals surface area (Å²) in [5.41, 5.74) is 3.11. The van der Waals surface area contributed by atoms with Gasteiger partial charge in [-0.2, -0.15) is 0 Å². The van der Waals surface area contributed by atoms with Gasteiger partial charge < -0.3 is 9.47 Å². The summed E-state index contributed by atoms with van der Waals surface area (Å²) in [4.78, 5) is 28.6. The number of nitrogens with zero attached hydrogens (tertiary/aromatic N) is 2. The highest BCUT2D eigenvalue weighted by molar-refractivity contribution is 7.98. The van der Waals surface area contributed by atoms with Crippen molar-refractivity contribution in [1.29, 1.82) is 0 Å². The fourth-order valence-electron chi connectivity index (χ4n) is 4.67. The molecular weight excluding hydrogens is 392 g/mol. The Hall–Kier alpha value is -2.79. The molecule has 5 heteroatoms. The molecule has 2 atom stereocenters. The number of likely N-dealkylation sites (tertiary alicyclic amines) is 1. The summed E-state index contributed by atoms with van der Waals surface area (Å²) in [5.74, 6) is 1.58. The number of benzene rings is 2. The van der Waals surface area contributed by atoms with E-state index in [9.17, 15) is 9.59 Å². The average Bonchev–Trinajstić information content (AvgIpc) is 2.79. The quantitative estimate of drug-likeness (QED) is 0.592. The lowest BCUT2D eigenvalue weighted by Crippen LogP contribution is -2.49. The van der Waals surface area contributed by atoms with Crippen LogP contribution in [0.15, 0.2) is 82.5 Å². The molecule has 152 valence electrons. The minimum absolute atomic E-state index is 0.0749. The molecule has 30 heavy (non-hydrogen) atoms. The second-order valence-electron chi connectivity index (χ2n) is 8.21. The molecule has 5 rings (SSSR count). The van der Waals surface area contributed by atoms with Gasteiger partial charge in [0.25, 0.3) is 11.5 Å². The van der Waals surface area contributed by atoms with Gasteiger partial charge in [0.2, 0.25) is 0 Å². The molecule has 2 unspecified atom stereocenters. The molecule has 0 radical (unpaired) electrons. The highest BCUT2D eigenvalue weighted by atomic mass is 32.2. The van der Waals surface area contributed by atoms with E-state index in [0.29, 0.717) is 19.0 Å². The van der Waals surface area contributed by atoms with Crippen molar-refractivity contribution in [2.24, 2.45) is 5.92 Å². The molecule has 0 aliphatic carbocycles. The Morgan fingerprint density at radius 1 is 0.900 bits per heavy atom. The summed E-state index contributed by atoms with van der Waals surface area (Å²) in [7, 11) is 0. The summed E-state index contributed by atoms with van der Waals surface area (Å²) in [6.07, 6.45) is 1.06. The Balaban J connectivity index is 1.27. The van der Waals surface area contributed by atoms with Crippen LogP contribution in [0.3, 0.4) is 0 Å². The van der Waals surface area contributed by atoms with Crippen molar-refractivity contribution in [3.8, 4) is 0 Å². The van der Waals surface area contributed by atoms with Crippen LogP contribution in [0.4, 0.5) is 0 Å². The Morgan fingerprint density at radius 2 is 1.70 bits per heavy atom. The standard InChI is InChI=1S/C25H24N2O2S/c28-24-8-4-7-23-21-13-19(15-27(23)24)14-26(16-21)25(29)20-11-9-18(10-12-20)17-30-22-5-2-1-3-6-22/h1-12,19,21H,13-17H2. The molecule has 2 aliphatic heterocycles. The average molecular weight is 417 g/mol. The maximum Gasteiger partial charge on any atom is 0.253 e. The van der Waals surface area contributed by atoms with E-state index in [1.165, 1.54) is 10.5 Å². The lowest BCUT2D eigenvalue weighted by Gasteiger charge is -2.42. The van der Waals surface area contributed by atoms with Crippen LogP contribution in [0.1, 0.15) is 34.0 Å². The first-order valence-electron chi connectivity index (χ1n) is 10.4. The first kappa shape index (κ1) is 19.2. The summed E-state index contributed by atoms with van der Waals surface area (Å²) < 4.78 is 1.90. The minimum atomic E-state index is 0.0749. The molecule has 0 N–H and O–H groups in total. The van der Waals surface area contributed by atoms with Crippen LogP contribution in [0.25, 0.3) is 0 Å². The van der Waals surface area contributed by atoms with Gasteiger partial charge >= 0.3 is 0 Å². The second-order valence-corrected chi connectivity index (χ2v) is 9.26. The topological polar surface area (TPSA) is 42.3 Å². The Bertz CT molecular complexity index is 1110. The first-order chi connectivity index (χ1) is 14.7. The van der Waals surface area contributed by atoms with Crippen molar-refractivity contribution >= 4 is 17.7 Å². The van der Waals surface area contributed by atoms with E-state index in [4.69, 9.17) is 0 Å². The molecule has 0 saturated carbocycles. The molecule has 3 aromatic rings. The number of fused-ring (bicyclic) bond motifs is 4. The Morgan fingerprint density at radius 3 is 2.50 bits per heavy atom. The number of hydrogen-bond acceptors (Lipinski definition) is 3. The Kier molecular flexibility index (Phi) is 5.21. The molecule has 1 aromatic heterocycles. The third-order valence-corrected chi connectivity index (χ3v) is 7.20. The van der Waals surface area contributed by atoms with E-state index in [1.54, 1.807) is 17.8 Å². The van der Waals surface area contributed by atoms with E-state index >= 15 is 0 Å². The lowest BCUT2D eigenvalue weighted by atomic mass is 9.83. The molecule has 0 spiro atoms.